The van der Waals surface area contributed by atoms with E-state index >= 15 is 0 Å². The Kier molecular flexibility index (Phi) is 5.32. The van der Waals surface area contributed by atoms with Crippen molar-refractivity contribution in [3.05, 3.63) is 35.4 Å². The topological polar surface area (TPSA) is 77.8 Å². The van der Waals surface area contributed by atoms with Crippen LogP contribution >= 0.6 is 0 Å². The fourth-order valence-corrected chi connectivity index (χ4v) is 1.63. The number of rotatable bonds is 6. The molecule has 0 unspecified atom stereocenters. The molecule has 0 aliphatic rings. The molecule has 5 heteroatoms. The summed E-state index contributed by atoms with van der Waals surface area (Å²) < 4.78 is 0. The molecule has 0 heterocycles. The summed E-state index contributed by atoms with van der Waals surface area (Å²) in [6.07, 6.45) is 0.512. The van der Waals surface area contributed by atoms with Crippen LogP contribution in [0.2, 0.25) is 0 Å². The highest BCUT2D eigenvalue weighted by Crippen LogP contribution is 2.09. The highest BCUT2D eigenvalue weighted by Gasteiger charge is 2.15. The van der Waals surface area contributed by atoms with Crippen molar-refractivity contribution in [2.45, 2.75) is 13.3 Å². The lowest BCUT2D eigenvalue weighted by molar-refractivity contribution is 0.0697. The zero-order chi connectivity index (χ0) is 13.5. The Hall–Kier alpha value is -1.88. The Morgan fingerprint density at radius 2 is 1.94 bits per heavy atom. The first-order valence-electron chi connectivity index (χ1n) is 5.83. The monoisotopic (exact) mass is 251 g/mol. The third kappa shape index (κ3) is 3.56. The van der Waals surface area contributed by atoms with Gasteiger partial charge in [0.2, 0.25) is 0 Å². The molecule has 0 aliphatic carbocycles. The quantitative estimate of drug-likeness (QED) is 0.797. The van der Waals surface area contributed by atoms with Crippen LogP contribution in [-0.4, -0.2) is 46.7 Å². The highest BCUT2D eigenvalue weighted by atomic mass is 16.4. The summed E-state index contributed by atoms with van der Waals surface area (Å²) in [6, 6.07) is 5.96. The minimum Gasteiger partial charge on any atom is -0.478 e. The van der Waals surface area contributed by atoms with Crippen molar-refractivity contribution in [1.29, 1.82) is 0 Å². The molecule has 0 saturated carbocycles. The summed E-state index contributed by atoms with van der Waals surface area (Å²) in [5.74, 6) is -1.27. The Morgan fingerprint density at radius 1 is 1.28 bits per heavy atom. The van der Waals surface area contributed by atoms with Gasteiger partial charge in [-0.3, -0.25) is 4.79 Å². The molecule has 1 amide bonds. The maximum absolute atomic E-state index is 12.1. The lowest BCUT2D eigenvalue weighted by atomic mass is 10.1. The molecule has 0 saturated heterocycles. The van der Waals surface area contributed by atoms with Gasteiger partial charge in [0.25, 0.3) is 5.91 Å². The second kappa shape index (κ2) is 6.76. The van der Waals surface area contributed by atoms with Crippen LogP contribution < -0.4 is 0 Å². The molecule has 2 N–H and O–H groups in total. The number of hydrogen-bond acceptors (Lipinski definition) is 3. The first-order chi connectivity index (χ1) is 8.60. The maximum atomic E-state index is 12.1. The Morgan fingerprint density at radius 3 is 2.50 bits per heavy atom. The first kappa shape index (κ1) is 14.2. The van der Waals surface area contributed by atoms with E-state index in [4.69, 9.17) is 10.2 Å². The van der Waals surface area contributed by atoms with Crippen molar-refractivity contribution in [2.75, 3.05) is 19.7 Å². The van der Waals surface area contributed by atoms with Gasteiger partial charge < -0.3 is 15.1 Å². The summed E-state index contributed by atoms with van der Waals surface area (Å²) in [6.45, 7) is 2.86. The van der Waals surface area contributed by atoms with E-state index in [2.05, 4.69) is 0 Å². The van der Waals surface area contributed by atoms with Crippen molar-refractivity contribution in [2.24, 2.45) is 0 Å². The predicted molar refractivity (Wildman–Crippen MR) is 66.7 cm³/mol. The van der Waals surface area contributed by atoms with Crippen molar-refractivity contribution in [3.8, 4) is 0 Å². The van der Waals surface area contributed by atoms with Gasteiger partial charge in [0.15, 0.2) is 0 Å². The van der Waals surface area contributed by atoms with Gasteiger partial charge in [0.05, 0.1) is 5.56 Å². The fourth-order valence-electron chi connectivity index (χ4n) is 1.63. The number of amides is 1. The van der Waals surface area contributed by atoms with Gasteiger partial charge in [-0.25, -0.2) is 4.79 Å². The van der Waals surface area contributed by atoms with Gasteiger partial charge in [-0.15, -0.1) is 0 Å². The number of carbonyl (C=O) groups excluding carboxylic acids is 1. The van der Waals surface area contributed by atoms with Crippen LogP contribution in [0.5, 0.6) is 0 Å². The van der Waals surface area contributed by atoms with Gasteiger partial charge in [-0.2, -0.15) is 0 Å². The number of nitrogens with zero attached hydrogens (tertiary/aromatic N) is 1. The van der Waals surface area contributed by atoms with Crippen LogP contribution in [-0.2, 0) is 0 Å². The molecule has 1 aromatic rings. The third-order valence-electron chi connectivity index (χ3n) is 2.61. The molecule has 0 spiro atoms. The highest BCUT2D eigenvalue weighted by molar-refractivity contribution is 5.97. The summed E-state index contributed by atoms with van der Waals surface area (Å²) in [7, 11) is 0. The molecule has 1 rings (SSSR count). The normalized spacial score (nSPS) is 10.1. The fraction of sp³-hybridized carbons (Fsp3) is 0.385. The minimum absolute atomic E-state index is 0.0267. The molecule has 5 nitrogen and oxygen atoms in total. The average Bonchev–Trinajstić information content (AvgIpc) is 2.39. The van der Waals surface area contributed by atoms with E-state index in [1.54, 1.807) is 17.0 Å². The zero-order valence-corrected chi connectivity index (χ0v) is 10.3. The molecule has 1 aromatic carbocycles. The van der Waals surface area contributed by atoms with Gasteiger partial charge in [-0.1, -0.05) is 6.07 Å². The van der Waals surface area contributed by atoms with Crippen LogP contribution in [0.4, 0.5) is 0 Å². The summed E-state index contributed by atoms with van der Waals surface area (Å²) >= 11 is 0. The molecule has 0 atom stereocenters. The number of carbonyl (C=O) groups is 2. The molecule has 0 bridgehead atoms. The van der Waals surface area contributed by atoms with E-state index in [9.17, 15) is 9.59 Å². The predicted octanol–water partition coefficient (Wildman–Crippen LogP) is 1.23. The van der Waals surface area contributed by atoms with Crippen molar-refractivity contribution in [3.63, 3.8) is 0 Å². The third-order valence-corrected chi connectivity index (χ3v) is 2.61. The van der Waals surface area contributed by atoms with Crippen LogP contribution in [0.3, 0.4) is 0 Å². The Balaban J connectivity index is 2.87. The zero-order valence-electron chi connectivity index (χ0n) is 10.3. The Labute approximate surface area is 106 Å². The van der Waals surface area contributed by atoms with Crippen LogP contribution in [0.25, 0.3) is 0 Å². The largest absolute Gasteiger partial charge is 0.478 e. The van der Waals surface area contributed by atoms with Crippen molar-refractivity contribution < 1.29 is 19.8 Å². The molecule has 0 radical (unpaired) electrons. The van der Waals surface area contributed by atoms with Gasteiger partial charge >= 0.3 is 5.97 Å². The summed E-state index contributed by atoms with van der Waals surface area (Å²) in [5, 5.41) is 17.6. The van der Waals surface area contributed by atoms with E-state index in [0.717, 1.165) is 0 Å². The van der Waals surface area contributed by atoms with E-state index in [1.165, 1.54) is 12.1 Å². The lowest BCUT2D eigenvalue weighted by Gasteiger charge is -2.20. The second-order valence-corrected chi connectivity index (χ2v) is 3.85. The molecule has 18 heavy (non-hydrogen) atoms. The molecule has 0 fully saturated rings. The SMILES string of the molecule is CCN(CCCO)C(=O)c1cccc(C(=O)O)c1. The van der Waals surface area contributed by atoms with Crippen LogP contribution in [0.15, 0.2) is 24.3 Å². The van der Waals surface area contributed by atoms with Crippen molar-refractivity contribution >= 4 is 11.9 Å². The average molecular weight is 251 g/mol. The van der Waals surface area contributed by atoms with Crippen molar-refractivity contribution in [1.82, 2.24) is 4.90 Å². The van der Waals surface area contributed by atoms with E-state index in [1.807, 2.05) is 6.92 Å². The smallest absolute Gasteiger partial charge is 0.335 e. The Bertz CT molecular complexity index is 431. The van der Waals surface area contributed by atoms with Gasteiger partial charge in [0.1, 0.15) is 0 Å². The molecule has 0 aromatic heterocycles. The van der Waals surface area contributed by atoms with Gasteiger partial charge in [-0.05, 0) is 31.5 Å². The minimum atomic E-state index is -1.05. The standard InChI is InChI=1S/C13H17NO4/c1-2-14(7-4-8-15)12(16)10-5-3-6-11(9-10)13(17)18/h3,5-6,9,15H,2,4,7-8H2,1H3,(H,17,18). The maximum Gasteiger partial charge on any atom is 0.335 e. The molecular formula is C13H17NO4. The van der Waals surface area contributed by atoms with E-state index in [0.29, 0.717) is 25.1 Å². The van der Waals surface area contributed by atoms with E-state index in [-0.39, 0.29) is 18.1 Å². The molecule has 98 valence electrons. The summed E-state index contributed by atoms with van der Waals surface area (Å²) in [4.78, 5) is 24.5. The number of aliphatic hydroxyl groups excluding tert-OH is 1. The first-order valence-corrected chi connectivity index (χ1v) is 5.83. The number of carboxylic acids is 1. The number of hydrogen-bond donors (Lipinski definition) is 2. The van der Waals surface area contributed by atoms with Gasteiger partial charge in [0, 0.05) is 25.3 Å². The number of aliphatic hydroxyl groups is 1. The van der Waals surface area contributed by atoms with Crippen LogP contribution in [0, 0.1) is 0 Å². The number of benzene rings is 1. The number of aromatic carboxylic acids is 1. The van der Waals surface area contributed by atoms with E-state index < -0.39 is 5.97 Å². The summed E-state index contributed by atoms with van der Waals surface area (Å²) in [5.41, 5.74) is 0.453. The second-order valence-electron chi connectivity index (χ2n) is 3.85. The van der Waals surface area contributed by atoms with Crippen LogP contribution in [0.1, 0.15) is 34.1 Å². The number of carboxylic acid groups (broad SMARTS) is 1. The molecular weight excluding hydrogens is 234 g/mol. The lowest BCUT2D eigenvalue weighted by Crippen LogP contribution is -2.32. The molecule has 0 aliphatic heterocycles.